The van der Waals surface area contributed by atoms with Gasteiger partial charge >= 0.3 is 0 Å². The normalized spacial score (nSPS) is 10.6. The molecule has 0 radical (unpaired) electrons. The van der Waals surface area contributed by atoms with Crippen molar-refractivity contribution in [3.05, 3.63) is 83.9 Å². The van der Waals surface area contributed by atoms with E-state index in [1.54, 1.807) is 42.6 Å². The van der Waals surface area contributed by atoms with Crippen LogP contribution in [0.3, 0.4) is 0 Å². The Balaban J connectivity index is 1.94. The Bertz CT molecular complexity index is 1270. The Hall–Kier alpha value is -3.91. The predicted octanol–water partition coefficient (Wildman–Crippen LogP) is 5.18. The van der Waals surface area contributed by atoms with Gasteiger partial charge < -0.3 is 0 Å². The van der Waals surface area contributed by atoms with Crippen molar-refractivity contribution in [2.75, 3.05) is 0 Å². The van der Waals surface area contributed by atoms with Crippen LogP contribution in [-0.4, -0.2) is 15.8 Å². The van der Waals surface area contributed by atoms with Crippen LogP contribution in [-0.2, 0) is 0 Å². The van der Waals surface area contributed by atoms with Crippen molar-refractivity contribution < 1.29 is 9.18 Å². The van der Waals surface area contributed by atoms with Crippen LogP contribution in [0.2, 0.25) is 0 Å². The summed E-state index contributed by atoms with van der Waals surface area (Å²) in [7, 11) is 0. The van der Waals surface area contributed by atoms with E-state index in [1.807, 2.05) is 18.2 Å². The number of carbonyl (C=O) groups is 1. The maximum Gasteiger partial charge on any atom is 0.178 e. The molecule has 2 heterocycles. The first-order chi connectivity index (χ1) is 13.6. The second-order valence-electron chi connectivity index (χ2n) is 6.33. The van der Waals surface area contributed by atoms with Crippen LogP contribution in [0.15, 0.2) is 66.9 Å². The molecule has 0 atom stereocenters. The standard InChI is InChI=1S/C23H14FN3O/c1-14(28)22-9-8-19-17(10-11-26-23(19)27-22)15-6-7-16(13-25)20(12-15)18-4-2-3-5-21(18)24/h2-12H,1H3. The van der Waals surface area contributed by atoms with E-state index in [1.165, 1.54) is 13.0 Å². The van der Waals surface area contributed by atoms with Gasteiger partial charge in [0, 0.05) is 29.6 Å². The Morgan fingerprint density at radius 3 is 2.57 bits per heavy atom. The molecule has 0 aliphatic heterocycles. The van der Waals surface area contributed by atoms with Gasteiger partial charge in [-0.15, -0.1) is 0 Å². The average Bonchev–Trinajstić information content (AvgIpc) is 2.72. The topological polar surface area (TPSA) is 66.6 Å². The van der Waals surface area contributed by atoms with Crippen LogP contribution in [0.25, 0.3) is 33.3 Å². The van der Waals surface area contributed by atoms with Gasteiger partial charge in [-0.2, -0.15) is 5.26 Å². The first-order valence-corrected chi connectivity index (χ1v) is 8.64. The number of rotatable bonds is 3. The Morgan fingerprint density at radius 2 is 1.82 bits per heavy atom. The number of benzene rings is 2. The Morgan fingerprint density at radius 1 is 1.00 bits per heavy atom. The third kappa shape index (κ3) is 3.01. The van der Waals surface area contributed by atoms with Crippen molar-refractivity contribution >= 4 is 16.8 Å². The molecule has 4 aromatic rings. The van der Waals surface area contributed by atoms with E-state index >= 15 is 0 Å². The fraction of sp³-hybridized carbons (Fsp3) is 0.0435. The quantitative estimate of drug-likeness (QED) is 0.468. The fourth-order valence-electron chi connectivity index (χ4n) is 3.19. The van der Waals surface area contributed by atoms with Gasteiger partial charge in [-0.25, -0.2) is 14.4 Å². The summed E-state index contributed by atoms with van der Waals surface area (Å²) in [4.78, 5) is 20.2. The van der Waals surface area contributed by atoms with E-state index < -0.39 is 0 Å². The lowest BCUT2D eigenvalue weighted by Crippen LogP contribution is -1.98. The fourth-order valence-corrected chi connectivity index (χ4v) is 3.19. The molecule has 0 aliphatic rings. The van der Waals surface area contributed by atoms with Gasteiger partial charge in [0.15, 0.2) is 11.4 Å². The van der Waals surface area contributed by atoms with Gasteiger partial charge in [0.25, 0.3) is 0 Å². The van der Waals surface area contributed by atoms with Crippen molar-refractivity contribution in [2.45, 2.75) is 6.92 Å². The van der Waals surface area contributed by atoms with Crippen LogP contribution in [0.5, 0.6) is 0 Å². The predicted molar refractivity (Wildman–Crippen MR) is 105 cm³/mol. The molecule has 0 N–H and O–H groups in total. The van der Waals surface area contributed by atoms with Crippen molar-refractivity contribution in [1.82, 2.24) is 9.97 Å². The molecule has 0 spiro atoms. The van der Waals surface area contributed by atoms with Gasteiger partial charge in [-0.3, -0.25) is 4.79 Å². The number of nitrogens with zero attached hydrogens (tertiary/aromatic N) is 3. The van der Waals surface area contributed by atoms with E-state index in [-0.39, 0.29) is 11.6 Å². The SMILES string of the molecule is CC(=O)c1ccc2c(-c3ccc(C#N)c(-c4ccccc4F)c3)ccnc2n1. The molecule has 0 unspecified atom stereocenters. The first kappa shape index (κ1) is 17.5. The van der Waals surface area contributed by atoms with E-state index in [2.05, 4.69) is 16.0 Å². The molecule has 4 rings (SSSR count). The highest BCUT2D eigenvalue weighted by atomic mass is 19.1. The third-order valence-corrected chi connectivity index (χ3v) is 4.58. The van der Waals surface area contributed by atoms with Crippen LogP contribution in [0.1, 0.15) is 23.0 Å². The number of hydrogen-bond acceptors (Lipinski definition) is 4. The Kier molecular flexibility index (Phi) is 4.38. The monoisotopic (exact) mass is 367 g/mol. The zero-order valence-corrected chi connectivity index (χ0v) is 15.0. The maximum atomic E-state index is 14.3. The number of pyridine rings is 2. The zero-order chi connectivity index (χ0) is 19.7. The number of nitriles is 1. The molecule has 134 valence electrons. The lowest BCUT2D eigenvalue weighted by molar-refractivity contribution is 0.101. The van der Waals surface area contributed by atoms with Gasteiger partial charge in [0.05, 0.1) is 11.6 Å². The number of Topliss-reactive ketones (excluding diaryl/α,β-unsaturated/α-hetero) is 1. The first-order valence-electron chi connectivity index (χ1n) is 8.64. The lowest BCUT2D eigenvalue weighted by atomic mass is 9.94. The molecule has 28 heavy (non-hydrogen) atoms. The summed E-state index contributed by atoms with van der Waals surface area (Å²) < 4.78 is 14.3. The van der Waals surface area contributed by atoms with E-state index in [0.29, 0.717) is 28.0 Å². The summed E-state index contributed by atoms with van der Waals surface area (Å²) in [6.07, 6.45) is 1.62. The lowest BCUT2D eigenvalue weighted by Gasteiger charge is -2.11. The second kappa shape index (κ2) is 7.01. The van der Waals surface area contributed by atoms with E-state index in [9.17, 15) is 14.4 Å². The molecule has 2 aromatic heterocycles. The number of ketones is 1. The number of carbonyl (C=O) groups excluding carboxylic acids is 1. The summed E-state index contributed by atoms with van der Waals surface area (Å²) in [5.74, 6) is -0.516. The third-order valence-electron chi connectivity index (χ3n) is 4.58. The molecule has 0 saturated carbocycles. The van der Waals surface area contributed by atoms with Crippen LogP contribution in [0, 0.1) is 17.1 Å². The smallest absolute Gasteiger partial charge is 0.178 e. The largest absolute Gasteiger partial charge is 0.293 e. The molecule has 2 aromatic carbocycles. The molecule has 0 amide bonds. The van der Waals surface area contributed by atoms with Crippen molar-refractivity contribution in [2.24, 2.45) is 0 Å². The Labute approximate surface area is 160 Å². The van der Waals surface area contributed by atoms with Gasteiger partial charge in [-0.05, 0) is 47.5 Å². The molecule has 0 aliphatic carbocycles. The molecule has 0 saturated heterocycles. The van der Waals surface area contributed by atoms with Crippen LogP contribution < -0.4 is 0 Å². The van der Waals surface area contributed by atoms with E-state index in [0.717, 1.165) is 16.5 Å². The minimum absolute atomic E-state index is 0.130. The molecule has 4 nitrogen and oxygen atoms in total. The van der Waals surface area contributed by atoms with Gasteiger partial charge in [-0.1, -0.05) is 24.3 Å². The van der Waals surface area contributed by atoms with Crippen molar-refractivity contribution in [1.29, 1.82) is 5.26 Å². The number of aromatic nitrogens is 2. The van der Waals surface area contributed by atoms with Gasteiger partial charge in [0.1, 0.15) is 11.5 Å². The molecular weight excluding hydrogens is 353 g/mol. The summed E-state index contributed by atoms with van der Waals surface area (Å²) in [6, 6.07) is 19.1. The summed E-state index contributed by atoms with van der Waals surface area (Å²) in [6.45, 7) is 1.46. The molecule has 5 heteroatoms. The van der Waals surface area contributed by atoms with Crippen molar-refractivity contribution in [3.8, 4) is 28.3 Å². The zero-order valence-electron chi connectivity index (χ0n) is 15.0. The number of fused-ring (bicyclic) bond motifs is 1. The summed E-state index contributed by atoms with van der Waals surface area (Å²) in [5, 5.41) is 10.2. The minimum Gasteiger partial charge on any atom is -0.293 e. The summed E-state index contributed by atoms with van der Waals surface area (Å²) in [5.41, 5.74) is 3.75. The van der Waals surface area contributed by atoms with Crippen molar-refractivity contribution in [3.63, 3.8) is 0 Å². The van der Waals surface area contributed by atoms with Crippen LogP contribution in [0.4, 0.5) is 4.39 Å². The highest BCUT2D eigenvalue weighted by molar-refractivity contribution is 5.98. The highest BCUT2D eigenvalue weighted by Gasteiger charge is 2.13. The van der Waals surface area contributed by atoms with Gasteiger partial charge in [0.2, 0.25) is 0 Å². The maximum absolute atomic E-state index is 14.3. The second-order valence-corrected chi connectivity index (χ2v) is 6.33. The highest BCUT2D eigenvalue weighted by Crippen LogP contribution is 2.33. The number of halogens is 1. The average molecular weight is 367 g/mol. The summed E-state index contributed by atoms with van der Waals surface area (Å²) >= 11 is 0. The number of hydrogen-bond donors (Lipinski definition) is 0. The minimum atomic E-state index is -0.386. The molecule has 0 fully saturated rings. The van der Waals surface area contributed by atoms with E-state index in [4.69, 9.17) is 0 Å². The molecule has 0 bridgehead atoms. The molecular formula is C23H14FN3O. The van der Waals surface area contributed by atoms with Crippen LogP contribution >= 0.6 is 0 Å².